The zero-order chi connectivity index (χ0) is 16.0. The third kappa shape index (κ3) is 5.58. The summed E-state index contributed by atoms with van der Waals surface area (Å²) in [6.45, 7) is 9.46. The van der Waals surface area contributed by atoms with Crippen molar-refractivity contribution in [2.75, 3.05) is 6.54 Å². The number of halogens is 1. The molecular formula is C17H28ClN3. The van der Waals surface area contributed by atoms with Gasteiger partial charge in [0.2, 0.25) is 0 Å². The van der Waals surface area contributed by atoms with Crippen molar-refractivity contribution >= 4 is 17.6 Å². The average molecular weight is 310 g/mol. The van der Waals surface area contributed by atoms with Gasteiger partial charge in [-0.2, -0.15) is 0 Å². The van der Waals surface area contributed by atoms with E-state index in [-0.39, 0.29) is 11.4 Å². The van der Waals surface area contributed by atoms with Gasteiger partial charge in [-0.1, -0.05) is 51.4 Å². The Bertz CT molecular complexity index is 497. The van der Waals surface area contributed by atoms with Crippen LogP contribution in [0.3, 0.4) is 0 Å². The molecule has 4 N–H and O–H groups in total. The van der Waals surface area contributed by atoms with Crippen LogP contribution < -0.4 is 11.5 Å². The van der Waals surface area contributed by atoms with E-state index in [0.717, 1.165) is 30.7 Å². The van der Waals surface area contributed by atoms with Crippen molar-refractivity contribution in [2.24, 2.45) is 16.5 Å². The molecule has 0 radical (unpaired) electrons. The fourth-order valence-electron chi connectivity index (χ4n) is 2.35. The number of nitrogens with two attached hydrogens (primary N) is 2. The number of hydrogen-bond donors (Lipinski definition) is 2. The van der Waals surface area contributed by atoms with Crippen molar-refractivity contribution in [3.8, 4) is 0 Å². The number of hydrogen-bond acceptors (Lipinski definition) is 1. The lowest BCUT2D eigenvalue weighted by Crippen LogP contribution is -2.22. The molecule has 0 saturated carbocycles. The SMILES string of the molecule is CCc1cc(CCCCN=C(N)N)cc(C(C)(C)C)c1Cl. The number of guanidine groups is 1. The van der Waals surface area contributed by atoms with E-state index in [4.69, 9.17) is 23.1 Å². The summed E-state index contributed by atoms with van der Waals surface area (Å²) >= 11 is 6.54. The van der Waals surface area contributed by atoms with Crippen LogP contribution in [0.4, 0.5) is 0 Å². The monoisotopic (exact) mass is 309 g/mol. The zero-order valence-corrected chi connectivity index (χ0v) is 14.4. The minimum atomic E-state index is 0.0648. The first kappa shape index (κ1) is 17.8. The predicted octanol–water partition coefficient (Wildman–Crippen LogP) is 3.80. The van der Waals surface area contributed by atoms with Gasteiger partial charge in [0.1, 0.15) is 0 Å². The number of rotatable bonds is 6. The molecule has 0 aliphatic heterocycles. The molecule has 0 aliphatic rings. The molecule has 1 aromatic carbocycles. The van der Waals surface area contributed by atoms with Gasteiger partial charge in [0, 0.05) is 11.6 Å². The molecule has 3 nitrogen and oxygen atoms in total. The number of nitrogens with zero attached hydrogens (tertiary/aromatic N) is 1. The third-order valence-electron chi connectivity index (χ3n) is 3.56. The Balaban J connectivity index is 2.81. The number of unbranched alkanes of at least 4 members (excludes halogenated alkanes) is 1. The molecule has 0 saturated heterocycles. The molecular weight excluding hydrogens is 282 g/mol. The quantitative estimate of drug-likeness (QED) is 0.477. The van der Waals surface area contributed by atoms with Gasteiger partial charge >= 0.3 is 0 Å². The first-order chi connectivity index (χ1) is 9.75. The highest BCUT2D eigenvalue weighted by atomic mass is 35.5. The Labute approximate surface area is 133 Å². The smallest absolute Gasteiger partial charge is 0.185 e. The maximum absolute atomic E-state index is 6.54. The molecule has 118 valence electrons. The predicted molar refractivity (Wildman–Crippen MR) is 93.1 cm³/mol. The summed E-state index contributed by atoms with van der Waals surface area (Å²) in [5, 5.41) is 0.925. The summed E-state index contributed by atoms with van der Waals surface area (Å²) in [7, 11) is 0. The average Bonchev–Trinajstić information content (AvgIpc) is 2.38. The van der Waals surface area contributed by atoms with Crippen LogP contribution in [-0.4, -0.2) is 12.5 Å². The van der Waals surface area contributed by atoms with E-state index in [1.54, 1.807) is 0 Å². The van der Waals surface area contributed by atoms with E-state index in [0.29, 0.717) is 6.54 Å². The summed E-state index contributed by atoms with van der Waals surface area (Å²) in [6, 6.07) is 4.49. The highest BCUT2D eigenvalue weighted by Gasteiger charge is 2.19. The van der Waals surface area contributed by atoms with Gasteiger partial charge in [-0.3, -0.25) is 4.99 Å². The van der Waals surface area contributed by atoms with Gasteiger partial charge in [0.25, 0.3) is 0 Å². The van der Waals surface area contributed by atoms with Crippen molar-refractivity contribution in [2.45, 2.75) is 58.8 Å². The van der Waals surface area contributed by atoms with Gasteiger partial charge in [0.15, 0.2) is 5.96 Å². The number of aliphatic imine (C=N–C) groups is 1. The first-order valence-electron chi connectivity index (χ1n) is 7.63. The third-order valence-corrected chi connectivity index (χ3v) is 4.01. The molecule has 0 spiro atoms. The molecule has 0 unspecified atom stereocenters. The Kier molecular flexibility index (Phi) is 6.53. The van der Waals surface area contributed by atoms with E-state index >= 15 is 0 Å². The van der Waals surface area contributed by atoms with E-state index in [2.05, 4.69) is 44.8 Å². The van der Waals surface area contributed by atoms with E-state index in [1.165, 1.54) is 16.7 Å². The lowest BCUT2D eigenvalue weighted by Gasteiger charge is -2.23. The van der Waals surface area contributed by atoms with Gasteiger partial charge in [0.05, 0.1) is 0 Å². The maximum atomic E-state index is 6.54. The maximum Gasteiger partial charge on any atom is 0.185 e. The highest BCUT2D eigenvalue weighted by molar-refractivity contribution is 6.32. The Morgan fingerprint density at radius 3 is 2.38 bits per heavy atom. The van der Waals surface area contributed by atoms with Crippen molar-refractivity contribution < 1.29 is 0 Å². The minimum Gasteiger partial charge on any atom is -0.370 e. The van der Waals surface area contributed by atoms with Crippen LogP contribution in [0.25, 0.3) is 0 Å². The Morgan fingerprint density at radius 2 is 1.86 bits per heavy atom. The second-order valence-corrected chi connectivity index (χ2v) is 6.86. The molecule has 0 amide bonds. The zero-order valence-electron chi connectivity index (χ0n) is 13.7. The fraction of sp³-hybridized carbons (Fsp3) is 0.588. The van der Waals surface area contributed by atoms with Crippen LogP contribution in [0, 0.1) is 0 Å². The van der Waals surface area contributed by atoms with Gasteiger partial charge in [-0.25, -0.2) is 0 Å². The lowest BCUT2D eigenvalue weighted by atomic mass is 9.84. The molecule has 1 rings (SSSR count). The van der Waals surface area contributed by atoms with E-state index in [1.807, 2.05) is 0 Å². The molecule has 0 fully saturated rings. The van der Waals surface area contributed by atoms with Crippen LogP contribution in [0.5, 0.6) is 0 Å². The molecule has 0 atom stereocenters. The molecule has 0 heterocycles. The molecule has 0 aliphatic carbocycles. The highest BCUT2D eigenvalue weighted by Crippen LogP contribution is 2.33. The van der Waals surface area contributed by atoms with Crippen LogP contribution in [0.15, 0.2) is 17.1 Å². The molecule has 4 heteroatoms. The topological polar surface area (TPSA) is 64.4 Å². The largest absolute Gasteiger partial charge is 0.370 e. The van der Waals surface area contributed by atoms with Crippen molar-refractivity contribution in [3.05, 3.63) is 33.8 Å². The number of benzene rings is 1. The van der Waals surface area contributed by atoms with E-state index in [9.17, 15) is 0 Å². The van der Waals surface area contributed by atoms with Gasteiger partial charge in [-0.15, -0.1) is 0 Å². The minimum absolute atomic E-state index is 0.0648. The second-order valence-electron chi connectivity index (χ2n) is 6.48. The molecule has 1 aromatic rings. The van der Waals surface area contributed by atoms with Crippen LogP contribution in [0.1, 0.15) is 57.2 Å². The Hall–Kier alpha value is -1.22. The summed E-state index contributed by atoms with van der Waals surface area (Å²) in [5.74, 6) is 0.171. The normalized spacial score (nSPS) is 11.5. The van der Waals surface area contributed by atoms with Crippen molar-refractivity contribution in [3.63, 3.8) is 0 Å². The summed E-state index contributed by atoms with van der Waals surface area (Å²) in [6.07, 6.45) is 4.06. The summed E-state index contributed by atoms with van der Waals surface area (Å²) in [4.78, 5) is 4.01. The lowest BCUT2D eigenvalue weighted by molar-refractivity contribution is 0.588. The summed E-state index contributed by atoms with van der Waals surface area (Å²) < 4.78 is 0. The molecule has 21 heavy (non-hydrogen) atoms. The van der Waals surface area contributed by atoms with Crippen LogP contribution in [-0.2, 0) is 18.3 Å². The number of aryl methyl sites for hydroxylation is 2. The van der Waals surface area contributed by atoms with Crippen molar-refractivity contribution in [1.29, 1.82) is 0 Å². The van der Waals surface area contributed by atoms with Crippen LogP contribution >= 0.6 is 11.6 Å². The fourth-order valence-corrected chi connectivity index (χ4v) is 2.87. The molecule has 0 aromatic heterocycles. The molecule has 0 bridgehead atoms. The van der Waals surface area contributed by atoms with Crippen LogP contribution in [0.2, 0.25) is 5.02 Å². The van der Waals surface area contributed by atoms with Gasteiger partial charge in [-0.05, 0) is 47.8 Å². The first-order valence-corrected chi connectivity index (χ1v) is 8.00. The van der Waals surface area contributed by atoms with E-state index < -0.39 is 0 Å². The summed E-state index contributed by atoms with van der Waals surface area (Å²) in [5.41, 5.74) is 14.5. The van der Waals surface area contributed by atoms with Gasteiger partial charge < -0.3 is 11.5 Å². The second kappa shape index (κ2) is 7.69. The Morgan fingerprint density at radius 1 is 1.19 bits per heavy atom. The van der Waals surface area contributed by atoms with Crippen molar-refractivity contribution in [1.82, 2.24) is 0 Å². The standard InChI is InChI=1S/C17H28ClN3/c1-5-13-10-12(8-6-7-9-21-16(19)20)11-14(15(13)18)17(2,3)4/h10-11H,5-9H2,1-4H3,(H4,19,20,21).